The first-order valence-electron chi connectivity index (χ1n) is 12.8. The number of benzene rings is 3. The molecule has 40 heavy (non-hydrogen) atoms. The molecule has 0 saturated heterocycles. The summed E-state index contributed by atoms with van der Waals surface area (Å²) in [5.41, 5.74) is 1.50. The van der Waals surface area contributed by atoms with Crippen LogP contribution in [-0.4, -0.2) is 57.8 Å². The maximum Gasteiger partial charge on any atom is 0.242 e. The van der Waals surface area contributed by atoms with E-state index in [1.165, 1.54) is 22.3 Å². The number of carbonyl (C=O) groups excluding carboxylic acids is 2. The fourth-order valence-corrected chi connectivity index (χ4v) is 5.53. The highest BCUT2D eigenvalue weighted by Gasteiger charge is 2.30. The van der Waals surface area contributed by atoms with Crippen molar-refractivity contribution in [2.45, 2.75) is 31.8 Å². The van der Waals surface area contributed by atoms with Crippen molar-refractivity contribution in [2.75, 3.05) is 30.9 Å². The Morgan fingerprint density at radius 3 is 2.40 bits per heavy atom. The third-order valence-electron chi connectivity index (χ3n) is 6.61. The highest BCUT2D eigenvalue weighted by atomic mass is 32.2. The third-order valence-corrected chi connectivity index (χ3v) is 7.81. The molecular formula is C29H32FN3O6S. The quantitative estimate of drug-likeness (QED) is 0.358. The van der Waals surface area contributed by atoms with Gasteiger partial charge in [-0.05, 0) is 30.2 Å². The van der Waals surface area contributed by atoms with Gasteiger partial charge in [0, 0.05) is 44.6 Å². The summed E-state index contributed by atoms with van der Waals surface area (Å²) in [5.74, 6) is -0.303. The zero-order valence-corrected chi connectivity index (χ0v) is 23.2. The van der Waals surface area contributed by atoms with Gasteiger partial charge in [-0.3, -0.25) is 13.9 Å². The lowest BCUT2D eigenvalue weighted by atomic mass is 10.0. The molecule has 0 aliphatic carbocycles. The van der Waals surface area contributed by atoms with Crippen LogP contribution in [0.3, 0.4) is 0 Å². The summed E-state index contributed by atoms with van der Waals surface area (Å²) < 4.78 is 51.8. The molecule has 1 aliphatic rings. The lowest BCUT2D eigenvalue weighted by molar-refractivity contribution is -0.141. The van der Waals surface area contributed by atoms with Crippen LogP contribution < -0.4 is 19.1 Å². The minimum Gasteiger partial charge on any atom is -0.454 e. The maximum absolute atomic E-state index is 14.6. The van der Waals surface area contributed by atoms with Gasteiger partial charge in [-0.15, -0.1) is 0 Å². The normalized spacial score (nSPS) is 13.0. The van der Waals surface area contributed by atoms with Crippen molar-refractivity contribution < 1.29 is 31.9 Å². The van der Waals surface area contributed by atoms with E-state index in [1.807, 2.05) is 30.3 Å². The van der Waals surface area contributed by atoms with Gasteiger partial charge >= 0.3 is 0 Å². The molecule has 0 radical (unpaired) electrons. The zero-order chi connectivity index (χ0) is 28.7. The first kappa shape index (κ1) is 28.9. The smallest absolute Gasteiger partial charge is 0.242 e. The van der Waals surface area contributed by atoms with E-state index in [-0.39, 0.29) is 50.6 Å². The van der Waals surface area contributed by atoms with Gasteiger partial charge in [0.2, 0.25) is 28.6 Å². The highest BCUT2D eigenvalue weighted by Crippen LogP contribution is 2.36. The average Bonchev–Trinajstić information content (AvgIpc) is 3.41. The van der Waals surface area contributed by atoms with E-state index in [1.54, 1.807) is 36.4 Å². The van der Waals surface area contributed by atoms with Gasteiger partial charge in [0.1, 0.15) is 11.9 Å². The number of carbonyl (C=O) groups is 2. The second-order valence-corrected chi connectivity index (χ2v) is 11.3. The molecule has 3 aromatic carbocycles. The summed E-state index contributed by atoms with van der Waals surface area (Å²) in [5, 5.41) is 2.62. The monoisotopic (exact) mass is 569 g/mol. The maximum atomic E-state index is 14.6. The first-order chi connectivity index (χ1) is 19.2. The number of nitrogens with zero attached hydrogens (tertiary/aromatic N) is 2. The van der Waals surface area contributed by atoms with Gasteiger partial charge < -0.3 is 19.7 Å². The molecule has 1 unspecified atom stereocenters. The zero-order valence-electron chi connectivity index (χ0n) is 22.4. The number of hydrogen-bond acceptors (Lipinski definition) is 6. The molecule has 1 aliphatic heterocycles. The van der Waals surface area contributed by atoms with Crippen LogP contribution >= 0.6 is 0 Å². The largest absolute Gasteiger partial charge is 0.454 e. The number of halogens is 1. The van der Waals surface area contributed by atoms with Gasteiger partial charge in [0.25, 0.3) is 0 Å². The lowest BCUT2D eigenvalue weighted by Crippen LogP contribution is -2.50. The van der Waals surface area contributed by atoms with E-state index in [9.17, 15) is 22.4 Å². The van der Waals surface area contributed by atoms with Gasteiger partial charge in [-0.25, -0.2) is 12.8 Å². The van der Waals surface area contributed by atoms with Gasteiger partial charge in [0.15, 0.2) is 11.5 Å². The van der Waals surface area contributed by atoms with Crippen molar-refractivity contribution in [3.8, 4) is 11.5 Å². The standard InChI is InChI=1S/C29H32FN3O6S/c1-31-29(35)25(17-21-9-4-3-5-10-21)32(19-22-11-6-7-12-24(22)30)28(34)13-8-16-33(40(2,36)37)23-14-15-26-27(18-23)39-20-38-26/h3-7,9-12,14-15,18,25H,8,13,16-17,19-20H2,1-2H3,(H,31,35). The average molecular weight is 570 g/mol. The van der Waals surface area contributed by atoms with Crippen LogP contribution in [0.4, 0.5) is 10.1 Å². The van der Waals surface area contributed by atoms with Crippen molar-refractivity contribution in [3.05, 3.63) is 89.7 Å². The fourth-order valence-electron chi connectivity index (χ4n) is 4.57. The predicted molar refractivity (Wildman–Crippen MR) is 149 cm³/mol. The Hall–Kier alpha value is -4.12. The summed E-state index contributed by atoms with van der Waals surface area (Å²) in [6.45, 7) is -0.0467. The topological polar surface area (TPSA) is 105 Å². The van der Waals surface area contributed by atoms with E-state index >= 15 is 0 Å². The molecule has 1 heterocycles. The van der Waals surface area contributed by atoms with Gasteiger partial charge in [-0.1, -0.05) is 48.5 Å². The second kappa shape index (κ2) is 12.8. The summed E-state index contributed by atoms with van der Waals surface area (Å²) in [6.07, 6.45) is 1.42. The van der Waals surface area contributed by atoms with E-state index in [0.717, 1.165) is 11.8 Å². The van der Waals surface area contributed by atoms with Crippen LogP contribution in [0.2, 0.25) is 0 Å². The molecule has 3 aromatic rings. The Labute approximate surface area is 233 Å². The number of hydrogen-bond donors (Lipinski definition) is 1. The Balaban J connectivity index is 1.55. The summed E-state index contributed by atoms with van der Waals surface area (Å²) >= 11 is 0. The van der Waals surface area contributed by atoms with Crippen molar-refractivity contribution in [1.82, 2.24) is 10.2 Å². The van der Waals surface area contributed by atoms with E-state index < -0.39 is 27.8 Å². The van der Waals surface area contributed by atoms with Gasteiger partial charge in [0.05, 0.1) is 11.9 Å². The fraction of sp³-hybridized carbons (Fsp3) is 0.310. The molecule has 1 N–H and O–H groups in total. The number of amides is 2. The molecule has 0 bridgehead atoms. The van der Waals surface area contributed by atoms with Crippen molar-refractivity contribution in [3.63, 3.8) is 0 Å². The number of anilines is 1. The molecule has 4 rings (SSSR count). The lowest BCUT2D eigenvalue weighted by Gasteiger charge is -2.31. The molecule has 212 valence electrons. The number of rotatable bonds is 12. The molecule has 0 fully saturated rings. The minimum atomic E-state index is -3.68. The van der Waals surface area contributed by atoms with Crippen LogP contribution in [0.1, 0.15) is 24.0 Å². The van der Waals surface area contributed by atoms with Gasteiger partial charge in [-0.2, -0.15) is 0 Å². The Morgan fingerprint density at radius 2 is 1.70 bits per heavy atom. The number of nitrogens with one attached hydrogen (secondary N) is 1. The second-order valence-electron chi connectivity index (χ2n) is 9.41. The Kier molecular flexibility index (Phi) is 9.26. The van der Waals surface area contributed by atoms with E-state index in [2.05, 4.69) is 5.32 Å². The molecular weight excluding hydrogens is 537 g/mol. The molecule has 11 heteroatoms. The summed E-state index contributed by atoms with van der Waals surface area (Å²) in [6, 6.07) is 19.3. The number of fused-ring (bicyclic) bond motifs is 1. The third kappa shape index (κ3) is 7.09. The molecule has 2 amide bonds. The number of likely N-dealkylation sites (N-methyl/N-ethyl adjacent to an activating group) is 1. The van der Waals surface area contributed by atoms with Crippen LogP contribution in [0.15, 0.2) is 72.8 Å². The molecule has 0 aromatic heterocycles. The minimum absolute atomic E-state index is 0.0150. The van der Waals surface area contributed by atoms with Crippen molar-refractivity contribution in [1.29, 1.82) is 0 Å². The van der Waals surface area contributed by atoms with Crippen LogP contribution in [0.25, 0.3) is 0 Å². The van der Waals surface area contributed by atoms with Crippen molar-refractivity contribution in [2.24, 2.45) is 0 Å². The molecule has 9 nitrogen and oxygen atoms in total. The molecule has 0 spiro atoms. The predicted octanol–water partition coefficient (Wildman–Crippen LogP) is 3.49. The van der Waals surface area contributed by atoms with Crippen molar-refractivity contribution >= 4 is 27.5 Å². The molecule has 1 atom stereocenters. The first-order valence-corrected chi connectivity index (χ1v) is 14.7. The number of ether oxygens (including phenoxy) is 2. The van der Waals surface area contributed by atoms with E-state index in [4.69, 9.17) is 9.47 Å². The summed E-state index contributed by atoms with van der Waals surface area (Å²) in [7, 11) is -2.20. The highest BCUT2D eigenvalue weighted by molar-refractivity contribution is 7.92. The Morgan fingerprint density at radius 1 is 1.00 bits per heavy atom. The number of sulfonamides is 1. The Bertz CT molecular complexity index is 1450. The molecule has 0 saturated carbocycles. The van der Waals surface area contributed by atoms with E-state index in [0.29, 0.717) is 17.2 Å². The van der Waals surface area contributed by atoms with Crippen LogP contribution in [-0.2, 0) is 32.6 Å². The summed E-state index contributed by atoms with van der Waals surface area (Å²) in [4.78, 5) is 28.0. The van der Waals surface area contributed by atoms with Crippen LogP contribution in [0.5, 0.6) is 11.5 Å². The van der Waals surface area contributed by atoms with Crippen LogP contribution in [0, 0.1) is 5.82 Å². The SMILES string of the molecule is CNC(=O)C(Cc1ccccc1)N(Cc1ccccc1F)C(=O)CCCN(c1ccc2c(c1)OCO2)S(C)(=O)=O.